The topological polar surface area (TPSA) is 103 Å². The zero-order valence-electron chi connectivity index (χ0n) is 15.1. The van der Waals surface area contributed by atoms with Gasteiger partial charge >= 0.3 is 6.18 Å². The standard InChI is InChI=1S/C19H16F3N5O2/c1-11(12-8-13(19(20,21)22)10-14(23)9-12)25-18(29)15-5-6-17(28)27(26-15)16-4-2-3-7-24-16/h2-11H,23H2,1H3,(H,25,29)/t11-/m1/s1. The van der Waals surface area contributed by atoms with E-state index >= 15 is 0 Å². The lowest BCUT2D eigenvalue weighted by atomic mass is 10.0. The number of halogens is 3. The first-order valence-electron chi connectivity index (χ1n) is 8.45. The van der Waals surface area contributed by atoms with Crippen molar-refractivity contribution in [3.8, 4) is 5.82 Å². The summed E-state index contributed by atoms with van der Waals surface area (Å²) in [6.45, 7) is 1.52. The highest BCUT2D eigenvalue weighted by Crippen LogP contribution is 2.32. The van der Waals surface area contributed by atoms with Crippen LogP contribution < -0.4 is 16.6 Å². The lowest BCUT2D eigenvalue weighted by molar-refractivity contribution is -0.137. The number of rotatable bonds is 4. The molecule has 0 saturated heterocycles. The second kappa shape index (κ2) is 7.74. The van der Waals surface area contributed by atoms with Crippen LogP contribution in [0.3, 0.4) is 0 Å². The Morgan fingerprint density at radius 3 is 2.59 bits per heavy atom. The van der Waals surface area contributed by atoms with E-state index in [0.29, 0.717) is 0 Å². The molecule has 0 aliphatic rings. The van der Waals surface area contributed by atoms with Crippen LogP contribution >= 0.6 is 0 Å². The largest absolute Gasteiger partial charge is 0.416 e. The highest BCUT2D eigenvalue weighted by atomic mass is 19.4. The Morgan fingerprint density at radius 1 is 1.17 bits per heavy atom. The number of nitrogen functional groups attached to an aromatic ring is 1. The van der Waals surface area contributed by atoms with E-state index in [0.717, 1.165) is 22.9 Å². The number of benzene rings is 1. The number of pyridine rings is 1. The summed E-state index contributed by atoms with van der Waals surface area (Å²) in [4.78, 5) is 28.6. The molecule has 7 nitrogen and oxygen atoms in total. The van der Waals surface area contributed by atoms with Crippen LogP contribution in [-0.2, 0) is 6.18 Å². The summed E-state index contributed by atoms with van der Waals surface area (Å²) >= 11 is 0. The predicted octanol–water partition coefficient (Wildman–Crippen LogP) is 2.72. The zero-order chi connectivity index (χ0) is 21.2. The molecule has 0 radical (unpaired) electrons. The maximum atomic E-state index is 13.0. The first-order chi connectivity index (χ1) is 13.6. The number of amides is 1. The zero-order valence-corrected chi connectivity index (χ0v) is 15.1. The third kappa shape index (κ3) is 4.60. The molecule has 3 rings (SSSR count). The minimum absolute atomic E-state index is 0.0715. The molecule has 1 amide bonds. The molecule has 29 heavy (non-hydrogen) atoms. The van der Waals surface area contributed by atoms with Gasteiger partial charge in [0.25, 0.3) is 11.5 Å². The van der Waals surface area contributed by atoms with Crippen LogP contribution in [0, 0.1) is 0 Å². The van der Waals surface area contributed by atoms with Crippen molar-refractivity contribution in [3.05, 3.63) is 81.9 Å². The Kier molecular flexibility index (Phi) is 5.35. The van der Waals surface area contributed by atoms with E-state index in [-0.39, 0.29) is 22.8 Å². The van der Waals surface area contributed by atoms with Crippen LogP contribution in [0.5, 0.6) is 0 Å². The van der Waals surface area contributed by atoms with Crippen molar-refractivity contribution in [3.63, 3.8) is 0 Å². The molecule has 0 aliphatic carbocycles. The minimum atomic E-state index is -4.56. The Balaban J connectivity index is 1.86. The van der Waals surface area contributed by atoms with Gasteiger partial charge in [0.15, 0.2) is 5.82 Å². The molecule has 150 valence electrons. The first-order valence-corrected chi connectivity index (χ1v) is 8.45. The summed E-state index contributed by atoms with van der Waals surface area (Å²) in [5.41, 5.74) is 4.19. The van der Waals surface area contributed by atoms with Crippen molar-refractivity contribution in [1.29, 1.82) is 0 Å². The summed E-state index contributed by atoms with van der Waals surface area (Å²) in [6, 6.07) is 9.55. The number of nitrogens with zero attached hydrogens (tertiary/aromatic N) is 3. The van der Waals surface area contributed by atoms with Crippen LogP contribution in [0.15, 0.2) is 59.5 Å². The summed E-state index contributed by atoms with van der Waals surface area (Å²) in [7, 11) is 0. The Hall–Kier alpha value is -3.69. The molecule has 0 unspecified atom stereocenters. The molecule has 1 atom stereocenters. The van der Waals surface area contributed by atoms with Gasteiger partial charge in [0, 0.05) is 18.0 Å². The van der Waals surface area contributed by atoms with Crippen LogP contribution in [0.2, 0.25) is 0 Å². The van der Waals surface area contributed by atoms with Gasteiger partial charge in [-0.1, -0.05) is 6.07 Å². The third-order valence-electron chi connectivity index (χ3n) is 4.05. The molecule has 2 aromatic heterocycles. The van der Waals surface area contributed by atoms with Crippen molar-refractivity contribution in [2.45, 2.75) is 19.1 Å². The van der Waals surface area contributed by atoms with Crippen LogP contribution in [0.4, 0.5) is 18.9 Å². The van der Waals surface area contributed by atoms with Gasteiger partial charge in [-0.05, 0) is 48.9 Å². The molecule has 0 spiro atoms. The number of alkyl halides is 3. The summed E-state index contributed by atoms with van der Waals surface area (Å²) in [6.07, 6.45) is -3.09. The number of hydrogen-bond acceptors (Lipinski definition) is 5. The fourth-order valence-electron chi connectivity index (χ4n) is 2.62. The molecular formula is C19H16F3N5O2. The molecule has 3 aromatic rings. The smallest absolute Gasteiger partial charge is 0.399 e. The van der Waals surface area contributed by atoms with Gasteiger partial charge in [0.05, 0.1) is 11.6 Å². The van der Waals surface area contributed by atoms with Gasteiger partial charge in [-0.3, -0.25) is 9.59 Å². The van der Waals surface area contributed by atoms with E-state index in [1.165, 1.54) is 25.3 Å². The van der Waals surface area contributed by atoms with Gasteiger partial charge in [0.2, 0.25) is 0 Å². The highest BCUT2D eigenvalue weighted by molar-refractivity contribution is 5.92. The average Bonchev–Trinajstić information content (AvgIpc) is 2.67. The monoisotopic (exact) mass is 403 g/mol. The van der Waals surface area contributed by atoms with E-state index in [9.17, 15) is 22.8 Å². The van der Waals surface area contributed by atoms with E-state index < -0.39 is 29.2 Å². The van der Waals surface area contributed by atoms with E-state index in [4.69, 9.17) is 5.73 Å². The maximum absolute atomic E-state index is 13.0. The number of nitrogens with one attached hydrogen (secondary N) is 1. The minimum Gasteiger partial charge on any atom is -0.399 e. The Morgan fingerprint density at radius 2 is 1.93 bits per heavy atom. The van der Waals surface area contributed by atoms with Gasteiger partial charge < -0.3 is 11.1 Å². The molecule has 0 fully saturated rings. The quantitative estimate of drug-likeness (QED) is 0.652. The van der Waals surface area contributed by atoms with Gasteiger partial charge in [0.1, 0.15) is 5.69 Å². The van der Waals surface area contributed by atoms with Gasteiger partial charge in [-0.25, -0.2) is 4.98 Å². The third-order valence-corrected chi connectivity index (χ3v) is 4.05. The van der Waals surface area contributed by atoms with Crippen molar-refractivity contribution >= 4 is 11.6 Å². The van der Waals surface area contributed by atoms with Gasteiger partial charge in [-0.2, -0.15) is 23.0 Å². The first kappa shape index (κ1) is 20.1. The highest BCUT2D eigenvalue weighted by Gasteiger charge is 2.31. The van der Waals surface area contributed by atoms with E-state index in [1.807, 2.05) is 0 Å². The number of hydrogen-bond donors (Lipinski definition) is 2. The average molecular weight is 403 g/mol. The molecule has 3 N–H and O–H groups in total. The number of anilines is 1. The molecule has 0 bridgehead atoms. The Bertz CT molecular complexity index is 1100. The van der Waals surface area contributed by atoms with E-state index in [2.05, 4.69) is 15.4 Å². The lowest BCUT2D eigenvalue weighted by Gasteiger charge is -2.17. The maximum Gasteiger partial charge on any atom is 0.416 e. The SMILES string of the molecule is C[C@@H](NC(=O)c1ccc(=O)n(-c2ccccn2)n1)c1cc(N)cc(C(F)(F)F)c1. The summed E-state index contributed by atoms with van der Waals surface area (Å²) in [5.74, 6) is -0.441. The van der Waals surface area contributed by atoms with E-state index in [1.54, 1.807) is 18.2 Å². The fraction of sp³-hybridized carbons (Fsp3) is 0.158. The van der Waals surface area contributed by atoms with Crippen LogP contribution in [0.1, 0.15) is 34.6 Å². The molecule has 0 saturated carbocycles. The molecule has 1 aromatic carbocycles. The van der Waals surface area contributed by atoms with Crippen molar-refractivity contribution in [1.82, 2.24) is 20.1 Å². The fourth-order valence-corrected chi connectivity index (χ4v) is 2.62. The second-order valence-electron chi connectivity index (χ2n) is 6.24. The molecule has 2 heterocycles. The van der Waals surface area contributed by atoms with Crippen LogP contribution in [0.25, 0.3) is 5.82 Å². The summed E-state index contributed by atoms with van der Waals surface area (Å²) in [5, 5.41) is 6.54. The van der Waals surface area contributed by atoms with Crippen molar-refractivity contribution in [2.75, 3.05) is 5.73 Å². The number of nitrogens with two attached hydrogens (primary N) is 1. The number of carbonyl (C=O) groups excluding carboxylic acids is 1. The number of carbonyl (C=O) groups is 1. The van der Waals surface area contributed by atoms with Crippen molar-refractivity contribution in [2.24, 2.45) is 0 Å². The normalized spacial score (nSPS) is 12.4. The van der Waals surface area contributed by atoms with Crippen molar-refractivity contribution < 1.29 is 18.0 Å². The predicted molar refractivity (Wildman–Crippen MR) is 99.4 cm³/mol. The summed E-state index contributed by atoms with van der Waals surface area (Å²) < 4.78 is 39.9. The second-order valence-corrected chi connectivity index (χ2v) is 6.24. The van der Waals surface area contributed by atoms with Gasteiger partial charge in [-0.15, -0.1) is 0 Å². The molecular weight excluding hydrogens is 387 g/mol. The van der Waals surface area contributed by atoms with Crippen LogP contribution in [-0.4, -0.2) is 20.7 Å². The molecule has 0 aliphatic heterocycles. The number of aromatic nitrogens is 3. The lowest BCUT2D eigenvalue weighted by Crippen LogP contribution is -2.31. The molecule has 10 heteroatoms. The Labute approximate surface area is 163 Å².